The molecule has 0 saturated heterocycles. The molecular formula is C19H16F2N5O6PS2. The molecule has 0 saturated carbocycles. The van der Waals surface area contributed by atoms with Crippen LogP contribution in [0.15, 0.2) is 39.7 Å². The summed E-state index contributed by atoms with van der Waals surface area (Å²) in [4.78, 5) is 12.6. The van der Waals surface area contributed by atoms with Gasteiger partial charge in [0.1, 0.15) is 39.7 Å². The van der Waals surface area contributed by atoms with Gasteiger partial charge >= 0.3 is 7.60 Å². The maximum absolute atomic E-state index is 14.6. The summed E-state index contributed by atoms with van der Waals surface area (Å²) in [7, 11) is -9.00. The molecule has 3 rings (SSSR count). The molecule has 0 bridgehead atoms. The number of azide groups is 1. The summed E-state index contributed by atoms with van der Waals surface area (Å²) >= 11 is 0.619. The first kappa shape index (κ1) is 26.4. The maximum Gasteiger partial charge on any atom is 0.391 e. The predicted octanol–water partition coefficient (Wildman–Crippen LogP) is 4.55. The number of nitriles is 1. The average molecular weight is 543 g/mol. The van der Waals surface area contributed by atoms with E-state index < -0.39 is 35.5 Å². The van der Waals surface area contributed by atoms with Gasteiger partial charge < -0.3 is 14.2 Å². The number of sulfonamides is 1. The van der Waals surface area contributed by atoms with Gasteiger partial charge in [0.05, 0.1) is 23.4 Å². The van der Waals surface area contributed by atoms with Crippen molar-refractivity contribution in [2.45, 2.75) is 11.1 Å². The van der Waals surface area contributed by atoms with Crippen molar-refractivity contribution < 1.29 is 35.9 Å². The number of hydrogen-bond acceptors (Lipinski definition) is 8. The Hall–Kier alpha value is -3.24. The first-order valence-corrected chi connectivity index (χ1v) is 13.6. The van der Waals surface area contributed by atoms with Crippen LogP contribution in [0.5, 0.6) is 11.5 Å². The van der Waals surface area contributed by atoms with Crippen LogP contribution in [0, 0.1) is 29.9 Å². The molecule has 1 atom stereocenters. The monoisotopic (exact) mass is 543 g/mol. The second-order valence-corrected chi connectivity index (χ2v) is 11.6. The van der Waals surface area contributed by atoms with Crippen molar-refractivity contribution in [3.8, 4) is 17.6 Å². The summed E-state index contributed by atoms with van der Waals surface area (Å²) in [6.45, 7) is 1.44. The summed E-state index contributed by atoms with van der Waals surface area (Å²) < 4.78 is 78.1. The van der Waals surface area contributed by atoms with Gasteiger partial charge in [-0.2, -0.15) is 9.98 Å². The summed E-state index contributed by atoms with van der Waals surface area (Å²) in [5.41, 5.74) is 8.15. The molecule has 0 fully saturated rings. The van der Waals surface area contributed by atoms with Gasteiger partial charge in [-0.1, -0.05) is 5.11 Å². The van der Waals surface area contributed by atoms with Gasteiger partial charge in [-0.15, -0.1) is 11.3 Å². The summed E-state index contributed by atoms with van der Waals surface area (Å²) in [5.74, 6) is -1.99. The lowest BCUT2D eigenvalue weighted by molar-refractivity contribution is 0.327. The highest BCUT2D eigenvalue weighted by atomic mass is 32.2. The zero-order valence-electron chi connectivity index (χ0n) is 17.8. The van der Waals surface area contributed by atoms with Crippen LogP contribution in [0.1, 0.15) is 11.1 Å². The Kier molecular flexibility index (Phi) is 7.97. The Balaban J connectivity index is 1.79. The Morgan fingerprint density at radius 2 is 2.00 bits per heavy atom. The first-order chi connectivity index (χ1) is 16.5. The number of nitrogens with zero attached hydrogens (tertiary/aromatic N) is 4. The predicted molar refractivity (Wildman–Crippen MR) is 123 cm³/mol. The molecular weight excluding hydrogens is 527 g/mol. The Bertz CT molecular complexity index is 1530. The number of thiophene rings is 1. The molecule has 16 heteroatoms. The average Bonchev–Trinajstić information content (AvgIpc) is 3.13. The number of ether oxygens (including phenoxy) is 1. The quantitative estimate of drug-likeness (QED) is 0.124. The summed E-state index contributed by atoms with van der Waals surface area (Å²) in [6.07, 6.45) is -1.05. The van der Waals surface area contributed by atoms with Crippen LogP contribution in [0.3, 0.4) is 0 Å². The smallest absolute Gasteiger partial charge is 0.391 e. The largest absolute Gasteiger partial charge is 0.493 e. The van der Waals surface area contributed by atoms with Crippen LogP contribution in [0.25, 0.3) is 20.5 Å². The molecule has 184 valence electrons. The number of halogens is 2. The second kappa shape index (κ2) is 10.6. The van der Waals surface area contributed by atoms with Gasteiger partial charge in [0, 0.05) is 22.4 Å². The zero-order chi connectivity index (χ0) is 25.8. The van der Waals surface area contributed by atoms with Crippen LogP contribution in [-0.2, 0) is 14.6 Å². The van der Waals surface area contributed by atoms with E-state index in [0.29, 0.717) is 11.3 Å². The molecule has 3 aromatic rings. The van der Waals surface area contributed by atoms with Gasteiger partial charge in [0.2, 0.25) is 0 Å². The summed E-state index contributed by atoms with van der Waals surface area (Å²) in [6, 6.07) is 6.92. The minimum Gasteiger partial charge on any atom is -0.493 e. The van der Waals surface area contributed by atoms with E-state index in [4.69, 9.17) is 20.1 Å². The molecule has 1 aromatic heterocycles. The van der Waals surface area contributed by atoms with Crippen molar-refractivity contribution in [1.82, 2.24) is 4.72 Å². The van der Waals surface area contributed by atoms with E-state index in [2.05, 4.69) is 10.0 Å². The van der Waals surface area contributed by atoms with Crippen LogP contribution < -0.4 is 14.0 Å². The third-order valence-electron chi connectivity index (χ3n) is 4.45. The third kappa shape index (κ3) is 6.26. The molecule has 0 spiro atoms. The van der Waals surface area contributed by atoms with Gasteiger partial charge in [-0.25, -0.2) is 21.8 Å². The van der Waals surface area contributed by atoms with Crippen LogP contribution >= 0.6 is 18.9 Å². The van der Waals surface area contributed by atoms with E-state index in [0.717, 1.165) is 24.3 Å². The Morgan fingerprint density at radius 3 is 2.66 bits per heavy atom. The highest BCUT2D eigenvalue weighted by Gasteiger charge is 2.29. The van der Waals surface area contributed by atoms with Crippen molar-refractivity contribution in [2.75, 3.05) is 19.4 Å². The van der Waals surface area contributed by atoms with Crippen LogP contribution in [-0.4, -0.2) is 32.7 Å². The minimum atomic E-state index is -4.62. The molecule has 1 heterocycles. The maximum atomic E-state index is 14.6. The highest BCUT2D eigenvalue weighted by molar-refractivity contribution is 7.92. The Labute approximate surface area is 201 Å². The van der Waals surface area contributed by atoms with Crippen molar-refractivity contribution in [3.05, 3.63) is 63.5 Å². The van der Waals surface area contributed by atoms with Gasteiger partial charge in [0.25, 0.3) is 10.0 Å². The van der Waals surface area contributed by atoms with E-state index in [1.54, 1.807) is 6.07 Å². The fourth-order valence-corrected chi connectivity index (χ4v) is 7.17. The molecule has 0 aliphatic rings. The molecule has 0 amide bonds. The molecule has 2 N–H and O–H groups in total. The summed E-state index contributed by atoms with van der Waals surface area (Å²) in [5, 5.41) is 12.3. The Morgan fingerprint density at radius 1 is 1.29 bits per heavy atom. The number of rotatable bonds is 10. The third-order valence-corrected chi connectivity index (χ3v) is 9.06. The van der Waals surface area contributed by atoms with Crippen molar-refractivity contribution in [2.24, 2.45) is 5.11 Å². The van der Waals surface area contributed by atoms with Crippen molar-refractivity contribution in [1.29, 1.82) is 5.26 Å². The molecule has 2 aromatic carbocycles. The minimum absolute atomic E-state index is 0.0141. The lowest BCUT2D eigenvalue weighted by Crippen LogP contribution is -2.25. The zero-order valence-corrected chi connectivity index (χ0v) is 20.3. The SMILES string of the molecule is Cc1c(S(=O)(=O)NCP(=O)(O)Oc2ccc(C#N)c(F)c2)sc2c(F)cc(OCCN=[N+]=[N-])cc12. The van der Waals surface area contributed by atoms with Gasteiger partial charge in [0.15, 0.2) is 0 Å². The number of nitrogens with one attached hydrogen (secondary N) is 1. The number of benzene rings is 2. The topological polar surface area (TPSA) is 174 Å². The van der Waals surface area contributed by atoms with Crippen LogP contribution in [0.4, 0.5) is 8.78 Å². The van der Waals surface area contributed by atoms with E-state index in [1.807, 2.05) is 4.72 Å². The highest BCUT2D eigenvalue weighted by Crippen LogP contribution is 2.43. The van der Waals surface area contributed by atoms with E-state index in [9.17, 15) is 26.7 Å². The van der Waals surface area contributed by atoms with Crippen molar-refractivity contribution >= 4 is 39.0 Å². The van der Waals surface area contributed by atoms with Gasteiger partial charge in [-0.3, -0.25) is 0 Å². The molecule has 0 aliphatic carbocycles. The lowest BCUT2D eigenvalue weighted by Gasteiger charge is -2.14. The van der Waals surface area contributed by atoms with E-state index in [-0.39, 0.29) is 50.1 Å². The molecule has 35 heavy (non-hydrogen) atoms. The van der Waals surface area contributed by atoms with Gasteiger partial charge in [-0.05, 0) is 36.2 Å². The fourth-order valence-electron chi connectivity index (χ4n) is 2.89. The molecule has 1 unspecified atom stereocenters. The number of hydrogen-bond donors (Lipinski definition) is 2. The standard InChI is InChI=1S/C19H16F2N5O6PS2/c1-11-15-6-14(31-5-4-24-26-23)8-17(21)18(15)34-19(11)35(29,30)25-10-33(27,28)32-13-3-2-12(9-22)16(20)7-13/h2-3,6-8,25H,4-5,10H2,1H3,(H,27,28). The van der Waals surface area contributed by atoms with E-state index in [1.165, 1.54) is 13.0 Å². The lowest BCUT2D eigenvalue weighted by atomic mass is 10.2. The molecule has 11 nitrogen and oxygen atoms in total. The van der Waals surface area contributed by atoms with Crippen LogP contribution in [0.2, 0.25) is 0 Å². The molecule has 0 radical (unpaired) electrons. The first-order valence-electron chi connectivity index (χ1n) is 9.54. The fraction of sp³-hybridized carbons (Fsp3) is 0.211. The number of fused-ring (bicyclic) bond motifs is 1. The number of aryl methyl sites for hydroxylation is 1. The van der Waals surface area contributed by atoms with Crippen molar-refractivity contribution in [3.63, 3.8) is 0 Å². The normalized spacial score (nSPS) is 13.0. The second-order valence-electron chi connectivity index (χ2n) is 6.89. The molecule has 0 aliphatic heterocycles. The van der Waals surface area contributed by atoms with E-state index >= 15 is 0 Å².